The van der Waals surface area contributed by atoms with Gasteiger partial charge in [-0.15, -0.1) is 0 Å². The van der Waals surface area contributed by atoms with E-state index >= 15 is 0 Å². The van der Waals surface area contributed by atoms with E-state index in [1.54, 1.807) is 4.90 Å². The quantitative estimate of drug-likeness (QED) is 0.858. The molecule has 0 atom stereocenters. The molecule has 6 nitrogen and oxygen atoms in total. The van der Waals surface area contributed by atoms with Crippen molar-refractivity contribution in [1.82, 2.24) is 15.1 Å². The molecule has 1 heterocycles. The smallest absolute Gasteiger partial charge is 0.410 e. The van der Waals surface area contributed by atoms with Gasteiger partial charge in [0.1, 0.15) is 5.60 Å². The fraction of sp³-hybridized carbons (Fsp3) is 0.889. The second kappa shape index (κ2) is 6.81. The minimum atomic E-state index is -0.463. The number of rotatable bonds is 4. The molecule has 24 heavy (non-hydrogen) atoms. The number of carbonyl (C=O) groups is 2. The monoisotopic (exact) mass is 337 g/mol. The normalized spacial score (nSPS) is 22.2. The maximum atomic E-state index is 12.6. The Balaban J connectivity index is 1.42. The van der Waals surface area contributed by atoms with E-state index in [4.69, 9.17) is 4.74 Å². The first-order chi connectivity index (χ1) is 11.3. The molecule has 0 aromatic carbocycles. The average Bonchev–Trinajstić information content (AvgIpc) is 3.36. The van der Waals surface area contributed by atoms with Crippen LogP contribution in [0.2, 0.25) is 0 Å². The summed E-state index contributed by atoms with van der Waals surface area (Å²) in [7, 11) is 0. The summed E-state index contributed by atoms with van der Waals surface area (Å²) in [5.41, 5.74) is -0.463. The van der Waals surface area contributed by atoms with Gasteiger partial charge in [0.25, 0.3) is 0 Å². The van der Waals surface area contributed by atoms with Gasteiger partial charge >= 0.3 is 12.1 Å². The van der Waals surface area contributed by atoms with Gasteiger partial charge in [0, 0.05) is 31.7 Å². The van der Waals surface area contributed by atoms with Crippen LogP contribution in [0.4, 0.5) is 9.59 Å². The van der Waals surface area contributed by atoms with Crippen LogP contribution in [-0.4, -0.2) is 59.2 Å². The molecule has 3 fully saturated rings. The molecular weight excluding hydrogens is 306 g/mol. The lowest BCUT2D eigenvalue weighted by molar-refractivity contribution is 0.0200. The number of likely N-dealkylation sites (tertiary alicyclic amines) is 1. The number of ether oxygens (including phenoxy) is 1. The van der Waals surface area contributed by atoms with Crippen molar-refractivity contribution in [2.24, 2.45) is 5.92 Å². The standard InChI is InChI=1S/C18H31N3O3/c1-18(2,3)24-17(23)20-10-8-14(9-11-20)19-16(22)21(15-6-7-15)12-13-4-5-13/h13-15H,4-12H2,1-3H3,(H,19,22). The zero-order valence-electron chi connectivity index (χ0n) is 15.2. The van der Waals surface area contributed by atoms with Crippen molar-refractivity contribution >= 4 is 12.1 Å². The van der Waals surface area contributed by atoms with E-state index in [1.807, 2.05) is 20.8 Å². The average molecular weight is 337 g/mol. The van der Waals surface area contributed by atoms with E-state index in [1.165, 1.54) is 12.8 Å². The van der Waals surface area contributed by atoms with Crippen molar-refractivity contribution in [3.63, 3.8) is 0 Å². The molecule has 1 N–H and O–H groups in total. The maximum absolute atomic E-state index is 12.6. The molecule has 6 heteroatoms. The van der Waals surface area contributed by atoms with Crippen molar-refractivity contribution in [3.05, 3.63) is 0 Å². The highest BCUT2D eigenvalue weighted by molar-refractivity contribution is 5.75. The van der Waals surface area contributed by atoms with E-state index in [0.717, 1.165) is 38.1 Å². The van der Waals surface area contributed by atoms with Crippen molar-refractivity contribution in [3.8, 4) is 0 Å². The zero-order chi connectivity index (χ0) is 17.3. The van der Waals surface area contributed by atoms with Crippen molar-refractivity contribution in [2.45, 2.75) is 77.0 Å². The largest absolute Gasteiger partial charge is 0.444 e. The minimum absolute atomic E-state index is 0.0973. The summed E-state index contributed by atoms with van der Waals surface area (Å²) in [4.78, 5) is 28.5. The van der Waals surface area contributed by atoms with Crippen LogP contribution in [0.1, 0.15) is 59.3 Å². The zero-order valence-corrected chi connectivity index (χ0v) is 15.2. The van der Waals surface area contributed by atoms with Crippen LogP contribution in [-0.2, 0) is 4.74 Å². The minimum Gasteiger partial charge on any atom is -0.444 e. The highest BCUT2D eigenvalue weighted by atomic mass is 16.6. The molecule has 0 aromatic heterocycles. The Morgan fingerprint density at radius 1 is 1.08 bits per heavy atom. The molecule has 0 aromatic rings. The number of nitrogens with zero attached hydrogens (tertiary/aromatic N) is 2. The number of urea groups is 1. The summed E-state index contributed by atoms with van der Waals surface area (Å²) in [6, 6.07) is 0.726. The van der Waals surface area contributed by atoms with Gasteiger partial charge in [0.15, 0.2) is 0 Å². The molecular formula is C18H31N3O3. The van der Waals surface area contributed by atoms with Gasteiger partial charge in [-0.25, -0.2) is 9.59 Å². The Hall–Kier alpha value is -1.46. The summed E-state index contributed by atoms with van der Waals surface area (Å²) in [6.07, 6.45) is 6.18. The lowest BCUT2D eigenvalue weighted by Crippen LogP contribution is -2.51. The van der Waals surface area contributed by atoms with Crippen molar-refractivity contribution in [2.75, 3.05) is 19.6 Å². The van der Waals surface area contributed by atoms with Gasteiger partial charge in [0.2, 0.25) is 0 Å². The second-order valence-corrected chi connectivity index (χ2v) is 8.52. The highest BCUT2D eigenvalue weighted by Gasteiger charge is 2.37. The third-order valence-corrected chi connectivity index (χ3v) is 4.87. The molecule has 3 rings (SSSR count). The van der Waals surface area contributed by atoms with Crippen LogP contribution in [0.25, 0.3) is 0 Å². The van der Waals surface area contributed by atoms with Crippen LogP contribution in [0, 0.1) is 5.92 Å². The SMILES string of the molecule is CC(C)(C)OC(=O)N1CCC(NC(=O)N(CC2CC2)C2CC2)CC1. The Morgan fingerprint density at radius 2 is 1.71 bits per heavy atom. The molecule has 3 aliphatic rings. The van der Waals surface area contributed by atoms with Crippen molar-refractivity contribution in [1.29, 1.82) is 0 Å². The molecule has 0 radical (unpaired) electrons. The van der Waals surface area contributed by atoms with Crippen molar-refractivity contribution < 1.29 is 14.3 Å². The second-order valence-electron chi connectivity index (χ2n) is 8.52. The van der Waals surface area contributed by atoms with Crippen LogP contribution in [0.5, 0.6) is 0 Å². The van der Waals surface area contributed by atoms with Gasteiger partial charge < -0.3 is 19.9 Å². The Morgan fingerprint density at radius 3 is 2.21 bits per heavy atom. The third-order valence-electron chi connectivity index (χ3n) is 4.87. The predicted octanol–water partition coefficient (Wildman–Crippen LogP) is 2.97. The highest BCUT2D eigenvalue weighted by Crippen LogP contribution is 2.34. The third kappa shape index (κ3) is 5.02. The number of hydrogen-bond donors (Lipinski definition) is 1. The van der Waals surface area contributed by atoms with E-state index in [9.17, 15) is 9.59 Å². The fourth-order valence-corrected chi connectivity index (χ4v) is 3.15. The summed E-state index contributed by atoms with van der Waals surface area (Å²) >= 11 is 0. The summed E-state index contributed by atoms with van der Waals surface area (Å²) in [5, 5.41) is 3.19. The van der Waals surface area contributed by atoms with E-state index < -0.39 is 5.60 Å². The Labute approximate surface area is 144 Å². The lowest BCUT2D eigenvalue weighted by atomic mass is 10.1. The van der Waals surface area contributed by atoms with Crippen LogP contribution in [0.15, 0.2) is 0 Å². The number of amides is 3. The number of nitrogens with one attached hydrogen (secondary N) is 1. The van der Waals surface area contributed by atoms with Crippen LogP contribution >= 0.6 is 0 Å². The molecule has 0 unspecified atom stereocenters. The first-order valence-electron chi connectivity index (χ1n) is 9.37. The van der Waals surface area contributed by atoms with Gasteiger partial charge in [-0.1, -0.05) is 0 Å². The summed E-state index contributed by atoms with van der Waals surface area (Å²) in [6.45, 7) is 7.85. The fourth-order valence-electron chi connectivity index (χ4n) is 3.15. The summed E-state index contributed by atoms with van der Waals surface area (Å²) in [5.74, 6) is 0.727. The first-order valence-corrected chi connectivity index (χ1v) is 9.37. The number of piperidine rings is 1. The molecule has 3 amide bonds. The number of carbonyl (C=O) groups excluding carboxylic acids is 2. The van der Waals surface area contributed by atoms with E-state index in [2.05, 4.69) is 10.2 Å². The summed E-state index contributed by atoms with van der Waals surface area (Å²) < 4.78 is 5.41. The Kier molecular flexibility index (Phi) is 4.92. The van der Waals surface area contributed by atoms with E-state index in [-0.39, 0.29) is 18.2 Å². The molecule has 0 bridgehead atoms. The topological polar surface area (TPSA) is 61.9 Å². The van der Waals surface area contributed by atoms with Crippen LogP contribution in [0.3, 0.4) is 0 Å². The molecule has 1 saturated heterocycles. The predicted molar refractivity (Wildman–Crippen MR) is 91.8 cm³/mol. The lowest BCUT2D eigenvalue weighted by Gasteiger charge is -2.34. The number of hydrogen-bond acceptors (Lipinski definition) is 3. The first kappa shape index (κ1) is 17.4. The maximum Gasteiger partial charge on any atom is 0.410 e. The van der Waals surface area contributed by atoms with Gasteiger partial charge in [-0.2, -0.15) is 0 Å². The molecule has 136 valence electrons. The van der Waals surface area contributed by atoms with Gasteiger partial charge in [-0.05, 0) is 65.2 Å². The van der Waals surface area contributed by atoms with Crippen LogP contribution < -0.4 is 5.32 Å². The van der Waals surface area contributed by atoms with Gasteiger partial charge in [-0.3, -0.25) is 0 Å². The molecule has 2 saturated carbocycles. The Bertz CT molecular complexity index is 472. The van der Waals surface area contributed by atoms with E-state index in [0.29, 0.717) is 19.1 Å². The molecule has 1 aliphatic heterocycles. The van der Waals surface area contributed by atoms with Gasteiger partial charge in [0.05, 0.1) is 0 Å². The molecule has 0 spiro atoms. The molecule has 2 aliphatic carbocycles.